The van der Waals surface area contributed by atoms with Gasteiger partial charge >= 0.3 is 0 Å². The van der Waals surface area contributed by atoms with Crippen LogP contribution in [0.15, 0.2) is 24.3 Å². The highest BCUT2D eigenvalue weighted by Crippen LogP contribution is 2.37. The predicted molar refractivity (Wildman–Crippen MR) is 97.4 cm³/mol. The molecule has 0 saturated heterocycles. The van der Waals surface area contributed by atoms with Gasteiger partial charge in [0, 0.05) is 11.3 Å². The maximum Gasteiger partial charge on any atom is 0.251 e. The van der Waals surface area contributed by atoms with Gasteiger partial charge in [0.2, 0.25) is 5.91 Å². The number of carbonyl (C=O) groups excluding carboxylic acids is 2. The van der Waals surface area contributed by atoms with Crippen molar-refractivity contribution in [3.05, 3.63) is 51.7 Å². The summed E-state index contributed by atoms with van der Waals surface area (Å²) in [6.45, 7) is 0. The molecule has 0 bridgehead atoms. The molecule has 0 atom stereocenters. The summed E-state index contributed by atoms with van der Waals surface area (Å²) >= 11 is 1.45. The lowest BCUT2D eigenvalue weighted by Gasteiger charge is -2.07. The average molecular weight is 360 g/mol. The zero-order valence-electron chi connectivity index (χ0n) is 13.9. The molecular formula is C19H21FN2O2S. The van der Waals surface area contributed by atoms with E-state index >= 15 is 0 Å². The Hall–Kier alpha value is -2.21. The fraction of sp³-hybridized carbons (Fsp3) is 0.368. The monoisotopic (exact) mass is 360 g/mol. The first-order valence-electron chi connectivity index (χ1n) is 8.54. The van der Waals surface area contributed by atoms with E-state index in [1.54, 1.807) is 18.2 Å². The zero-order valence-corrected chi connectivity index (χ0v) is 14.8. The summed E-state index contributed by atoms with van der Waals surface area (Å²) < 4.78 is 13.6. The van der Waals surface area contributed by atoms with E-state index in [9.17, 15) is 14.0 Å². The van der Waals surface area contributed by atoms with Crippen LogP contribution in [0.5, 0.6) is 0 Å². The summed E-state index contributed by atoms with van der Waals surface area (Å²) in [7, 11) is 0. The van der Waals surface area contributed by atoms with Crippen LogP contribution < -0.4 is 11.1 Å². The summed E-state index contributed by atoms with van der Waals surface area (Å²) in [5.41, 5.74) is 7.53. The number of fused-ring (bicyclic) bond motifs is 1. The quantitative estimate of drug-likeness (QED) is 0.796. The van der Waals surface area contributed by atoms with Gasteiger partial charge in [-0.3, -0.25) is 9.59 Å². The molecule has 3 rings (SSSR count). The van der Waals surface area contributed by atoms with Crippen molar-refractivity contribution in [1.82, 2.24) is 0 Å². The summed E-state index contributed by atoms with van der Waals surface area (Å²) in [4.78, 5) is 25.3. The SMILES string of the molecule is NC(=O)c1c(NC(=O)CCc2ccccc2F)sc2c1CCCCC2. The van der Waals surface area contributed by atoms with Crippen LogP contribution in [0.3, 0.4) is 0 Å². The van der Waals surface area contributed by atoms with Crippen LogP contribution in [-0.4, -0.2) is 11.8 Å². The van der Waals surface area contributed by atoms with Crippen LogP contribution in [0.1, 0.15) is 52.0 Å². The van der Waals surface area contributed by atoms with Gasteiger partial charge in [0.05, 0.1) is 5.56 Å². The van der Waals surface area contributed by atoms with E-state index in [1.807, 2.05) is 0 Å². The van der Waals surface area contributed by atoms with Crippen molar-refractivity contribution >= 4 is 28.2 Å². The first-order chi connectivity index (χ1) is 12.1. The largest absolute Gasteiger partial charge is 0.365 e. The van der Waals surface area contributed by atoms with E-state index < -0.39 is 5.91 Å². The predicted octanol–water partition coefficient (Wildman–Crippen LogP) is 3.83. The lowest BCUT2D eigenvalue weighted by atomic mass is 10.0. The Labute approximate surface area is 150 Å². The van der Waals surface area contributed by atoms with Crippen molar-refractivity contribution in [1.29, 1.82) is 0 Å². The molecule has 1 heterocycles. The van der Waals surface area contributed by atoms with E-state index in [-0.39, 0.29) is 18.1 Å². The number of carbonyl (C=O) groups is 2. The minimum Gasteiger partial charge on any atom is -0.365 e. The second-order valence-electron chi connectivity index (χ2n) is 6.27. The second-order valence-corrected chi connectivity index (χ2v) is 7.38. The Morgan fingerprint density at radius 3 is 2.68 bits per heavy atom. The number of halogens is 1. The second kappa shape index (κ2) is 7.78. The molecule has 0 fully saturated rings. The lowest BCUT2D eigenvalue weighted by molar-refractivity contribution is -0.116. The van der Waals surface area contributed by atoms with Crippen molar-refractivity contribution in [3.63, 3.8) is 0 Å². The molecule has 1 aromatic heterocycles. The number of benzene rings is 1. The van der Waals surface area contributed by atoms with Gasteiger partial charge in [-0.15, -0.1) is 11.3 Å². The smallest absolute Gasteiger partial charge is 0.251 e. The minimum atomic E-state index is -0.496. The number of primary amides is 1. The Balaban J connectivity index is 1.73. The summed E-state index contributed by atoms with van der Waals surface area (Å²) in [5, 5.41) is 3.36. The van der Waals surface area contributed by atoms with Gasteiger partial charge in [0.1, 0.15) is 10.8 Å². The average Bonchev–Trinajstić information content (AvgIpc) is 2.75. The van der Waals surface area contributed by atoms with Gasteiger partial charge in [0.15, 0.2) is 0 Å². The number of hydrogen-bond donors (Lipinski definition) is 2. The van der Waals surface area contributed by atoms with E-state index in [0.29, 0.717) is 22.5 Å². The summed E-state index contributed by atoms with van der Waals surface area (Å²) in [5.74, 6) is -1.04. The molecule has 6 heteroatoms. The van der Waals surface area contributed by atoms with Crippen molar-refractivity contribution in [2.24, 2.45) is 5.73 Å². The molecular weight excluding hydrogens is 339 g/mol. The number of hydrogen-bond acceptors (Lipinski definition) is 3. The molecule has 4 nitrogen and oxygen atoms in total. The molecule has 0 aliphatic heterocycles. The first kappa shape index (κ1) is 17.6. The topological polar surface area (TPSA) is 72.2 Å². The third-order valence-electron chi connectivity index (χ3n) is 4.50. The Kier molecular flexibility index (Phi) is 5.48. The van der Waals surface area contributed by atoms with Crippen molar-refractivity contribution in [2.75, 3.05) is 5.32 Å². The highest BCUT2D eigenvalue weighted by molar-refractivity contribution is 7.17. The highest BCUT2D eigenvalue weighted by Gasteiger charge is 2.24. The van der Waals surface area contributed by atoms with E-state index in [4.69, 9.17) is 5.73 Å². The van der Waals surface area contributed by atoms with Crippen LogP contribution in [-0.2, 0) is 24.1 Å². The van der Waals surface area contributed by atoms with Crippen LogP contribution in [0.25, 0.3) is 0 Å². The molecule has 132 valence electrons. The van der Waals surface area contributed by atoms with Crippen molar-refractivity contribution in [3.8, 4) is 0 Å². The van der Waals surface area contributed by atoms with Gasteiger partial charge in [-0.1, -0.05) is 24.6 Å². The number of amides is 2. The maximum absolute atomic E-state index is 13.6. The van der Waals surface area contributed by atoms with Gasteiger partial charge in [-0.05, 0) is 49.3 Å². The molecule has 0 unspecified atom stereocenters. The van der Waals surface area contributed by atoms with Crippen molar-refractivity contribution in [2.45, 2.75) is 44.9 Å². The van der Waals surface area contributed by atoms with E-state index in [2.05, 4.69) is 5.32 Å². The first-order valence-corrected chi connectivity index (χ1v) is 9.35. The number of anilines is 1. The third-order valence-corrected chi connectivity index (χ3v) is 5.71. The third kappa shape index (κ3) is 4.07. The van der Waals surface area contributed by atoms with E-state index in [1.165, 1.54) is 17.4 Å². The molecule has 1 aliphatic carbocycles. The van der Waals surface area contributed by atoms with Crippen molar-refractivity contribution < 1.29 is 14.0 Å². The molecule has 1 aliphatic rings. The fourth-order valence-corrected chi connectivity index (χ4v) is 4.54. The Bertz CT molecular complexity index is 801. The van der Waals surface area contributed by atoms with Gasteiger partial charge in [-0.2, -0.15) is 0 Å². The number of aryl methyl sites for hydroxylation is 2. The lowest BCUT2D eigenvalue weighted by Crippen LogP contribution is -2.18. The normalized spacial score (nSPS) is 13.8. The molecule has 0 spiro atoms. The summed E-state index contributed by atoms with van der Waals surface area (Å²) in [6, 6.07) is 6.42. The molecule has 1 aromatic carbocycles. The van der Waals surface area contributed by atoms with Gasteiger partial charge in [-0.25, -0.2) is 4.39 Å². The minimum absolute atomic E-state index is 0.154. The fourth-order valence-electron chi connectivity index (χ4n) is 3.23. The van der Waals surface area contributed by atoms with Gasteiger partial charge < -0.3 is 11.1 Å². The number of nitrogens with two attached hydrogens (primary N) is 1. The van der Waals surface area contributed by atoms with Crippen LogP contribution in [0.4, 0.5) is 9.39 Å². The van der Waals surface area contributed by atoms with Gasteiger partial charge in [0.25, 0.3) is 5.91 Å². The number of thiophene rings is 1. The molecule has 25 heavy (non-hydrogen) atoms. The highest BCUT2D eigenvalue weighted by atomic mass is 32.1. The summed E-state index contributed by atoms with van der Waals surface area (Å²) in [6.07, 6.45) is 5.48. The maximum atomic E-state index is 13.6. The molecule has 2 aromatic rings. The van der Waals surface area contributed by atoms with E-state index in [0.717, 1.165) is 42.5 Å². The standard InChI is InChI=1S/C19H21FN2O2S/c20-14-8-5-4-6-12(14)10-11-16(23)22-19-17(18(21)24)13-7-2-1-3-9-15(13)25-19/h4-6,8H,1-3,7,9-11H2,(H2,21,24)(H,22,23). The van der Waals surface area contributed by atoms with Crippen LogP contribution in [0, 0.1) is 5.82 Å². The zero-order chi connectivity index (χ0) is 17.8. The number of nitrogens with one attached hydrogen (secondary N) is 1. The number of rotatable bonds is 5. The van der Waals surface area contributed by atoms with Crippen LogP contribution >= 0.6 is 11.3 Å². The molecule has 0 saturated carbocycles. The molecule has 2 amide bonds. The molecule has 0 radical (unpaired) electrons. The Morgan fingerprint density at radius 1 is 1.16 bits per heavy atom. The Morgan fingerprint density at radius 2 is 1.92 bits per heavy atom. The molecule has 3 N–H and O–H groups in total. The van der Waals surface area contributed by atoms with Crippen LogP contribution in [0.2, 0.25) is 0 Å².